The van der Waals surface area contributed by atoms with Gasteiger partial charge in [-0.2, -0.15) is 0 Å². The molecule has 0 saturated carbocycles. The number of ether oxygens (including phenoxy) is 2. The van der Waals surface area contributed by atoms with Crippen LogP contribution < -0.4 is 14.8 Å². The summed E-state index contributed by atoms with van der Waals surface area (Å²) < 4.78 is 11.0. The number of amides is 2. The summed E-state index contributed by atoms with van der Waals surface area (Å²) in [5.74, 6) is 1.55. The molecule has 0 bridgehead atoms. The molecule has 0 spiro atoms. The molecule has 0 unspecified atom stereocenters. The molecule has 1 N–H and O–H groups in total. The van der Waals surface area contributed by atoms with Crippen LogP contribution in [0.3, 0.4) is 0 Å². The molecule has 0 aromatic heterocycles. The first-order valence-corrected chi connectivity index (χ1v) is 9.36. The van der Waals surface area contributed by atoms with Crippen LogP contribution in [0.25, 0.3) is 6.08 Å². The molecule has 1 saturated heterocycles. The van der Waals surface area contributed by atoms with Crippen molar-refractivity contribution in [3.8, 4) is 11.5 Å². The zero-order valence-corrected chi connectivity index (χ0v) is 15.0. The van der Waals surface area contributed by atoms with Crippen molar-refractivity contribution in [2.75, 3.05) is 32.8 Å². The maximum absolute atomic E-state index is 11.9. The van der Waals surface area contributed by atoms with E-state index in [-0.39, 0.29) is 11.8 Å². The molecule has 0 atom stereocenters. The first kappa shape index (κ1) is 18.3. The summed E-state index contributed by atoms with van der Waals surface area (Å²) >= 11 is 0. The van der Waals surface area contributed by atoms with Gasteiger partial charge in [0.05, 0.1) is 0 Å². The molecule has 0 radical (unpaired) electrons. The van der Waals surface area contributed by atoms with Gasteiger partial charge in [-0.1, -0.05) is 12.5 Å². The third kappa shape index (κ3) is 5.25. The Balaban J connectivity index is 1.40. The van der Waals surface area contributed by atoms with E-state index in [0.717, 1.165) is 43.5 Å². The van der Waals surface area contributed by atoms with Crippen LogP contribution in [0.15, 0.2) is 24.3 Å². The zero-order chi connectivity index (χ0) is 18.2. The minimum Gasteiger partial charge on any atom is -0.486 e. The Kier molecular flexibility index (Phi) is 6.52. The molecule has 1 aromatic carbocycles. The van der Waals surface area contributed by atoms with Crippen LogP contribution in [-0.2, 0) is 9.59 Å². The quantitative estimate of drug-likeness (QED) is 0.626. The van der Waals surface area contributed by atoms with E-state index in [1.165, 1.54) is 6.08 Å². The largest absolute Gasteiger partial charge is 0.486 e. The lowest BCUT2D eigenvalue weighted by Gasteiger charge is -2.20. The van der Waals surface area contributed by atoms with Crippen LogP contribution in [0.4, 0.5) is 0 Å². The molecule has 1 fully saturated rings. The van der Waals surface area contributed by atoms with E-state index in [2.05, 4.69) is 5.32 Å². The maximum Gasteiger partial charge on any atom is 0.244 e. The fourth-order valence-electron chi connectivity index (χ4n) is 3.15. The molecule has 26 heavy (non-hydrogen) atoms. The average Bonchev–Trinajstić information content (AvgIpc) is 2.87. The van der Waals surface area contributed by atoms with Crippen LogP contribution in [-0.4, -0.2) is 49.6 Å². The number of fused-ring (bicyclic) bond motifs is 1. The van der Waals surface area contributed by atoms with Crippen molar-refractivity contribution in [3.63, 3.8) is 0 Å². The first-order valence-electron chi connectivity index (χ1n) is 9.36. The predicted octanol–water partition coefficient (Wildman–Crippen LogP) is 2.38. The van der Waals surface area contributed by atoms with E-state index in [9.17, 15) is 9.59 Å². The smallest absolute Gasteiger partial charge is 0.244 e. The van der Waals surface area contributed by atoms with Gasteiger partial charge in [-0.3, -0.25) is 9.59 Å². The van der Waals surface area contributed by atoms with E-state index >= 15 is 0 Å². The molecular weight excluding hydrogens is 332 g/mol. The van der Waals surface area contributed by atoms with Crippen LogP contribution in [0.5, 0.6) is 11.5 Å². The van der Waals surface area contributed by atoms with Crippen molar-refractivity contribution in [1.29, 1.82) is 0 Å². The SMILES string of the molecule is O=C(C=Cc1ccc2c(c1)OCCO2)NCCCN1CCCCCC1=O. The minimum atomic E-state index is -0.137. The van der Waals surface area contributed by atoms with Crippen LogP contribution in [0.2, 0.25) is 0 Å². The number of hydrogen-bond donors (Lipinski definition) is 1. The number of likely N-dealkylation sites (tertiary alicyclic amines) is 1. The van der Waals surface area contributed by atoms with Gasteiger partial charge in [0, 0.05) is 32.1 Å². The van der Waals surface area contributed by atoms with Gasteiger partial charge in [0.2, 0.25) is 11.8 Å². The van der Waals surface area contributed by atoms with E-state index < -0.39 is 0 Å². The van der Waals surface area contributed by atoms with E-state index in [1.54, 1.807) is 6.08 Å². The number of carbonyl (C=O) groups excluding carboxylic acids is 2. The lowest BCUT2D eigenvalue weighted by molar-refractivity contribution is -0.130. The summed E-state index contributed by atoms with van der Waals surface area (Å²) in [7, 11) is 0. The Bertz CT molecular complexity index is 672. The Morgan fingerprint density at radius 3 is 2.88 bits per heavy atom. The van der Waals surface area contributed by atoms with Gasteiger partial charge in [-0.15, -0.1) is 0 Å². The molecule has 140 valence electrons. The van der Waals surface area contributed by atoms with Gasteiger partial charge in [-0.05, 0) is 43.0 Å². The zero-order valence-electron chi connectivity index (χ0n) is 15.0. The van der Waals surface area contributed by atoms with E-state index in [0.29, 0.717) is 38.5 Å². The van der Waals surface area contributed by atoms with Gasteiger partial charge < -0.3 is 19.7 Å². The van der Waals surface area contributed by atoms with Crippen LogP contribution in [0, 0.1) is 0 Å². The monoisotopic (exact) mass is 358 g/mol. The molecular formula is C20H26N2O4. The average molecular weight is 358 g/mol. The molecule has 2 aliphatic rings. The van der Waals surface area contributed by atoms with Gasteiger partial charge in [0.25, 0.3) is 0 Å². The van der Waals surface area contributed by atoms with Crippen molar-refractivity contribution >= 4 is 17.9 Å². The van der Waals surface area contributed by atoms with E-state index in [4.69, 9.17) is 9.47 Å². The molecule has 6 heteroatoms. The van der Waals surface area contributed by atoms with Crippen molar-refractivity contribution < 1.29 is 19.1 Å². The summed E-state index contributed by atoms with van der Waals surface area (Å²) in [6, 6.07) is 5.61. The summed E-state index contributed by atoms with van der Waals surface area (Å²) in [6.45, 7) is 3.23. The highest BCUT2D eigenvalue weighted by Gasteiger charge is 2.15. The summed E-state index contributed by atoms with van der Waals surface area (Å²) in [4.78, 5) is 25.8. The van der Waals surface area contributed by atoms with Crippen molar-refractivity contribution in [2.24, 2.45) is 0 Å². The molecule has 0 aliphatic carbocycles. The van der Waals surface area contributed by atoms with Gasteiger partial charge >= 0.3 is 0 Å². The minimum absolute atomic E-state index is 0.137. The Morgan fingerprint density at radius 1 is 1.15 bits per heavy atom. The maximum atomic E-state index is 11.9. The standard InChI is InChI=1S/C20H26N2O4/c23-19(21-10-4-12-22-11-3-1-2-5-20(22)24)9-7-16-6-8-17-18(15-16)26-14-13-25-17/h6-9,15H,1-5,10-14H2,(H,21,23). The molecule has 6 nitrogen and oxygen atoms in total. The second-order valence-corrected chi connectivity index (χ2v) is 6.57. The highest BCUT2D eigenvalue weighted by molar-refractivity contribution is 5.91. The fourth-order valence-corrected chi connectivity index (χ4v) is 3.15. The third-order valence-electron chi connectivity index (χ3n) is 4.57. The normalized spacial score (nSPS) is 17.2. The number of carbonyl (C=O) groups is 2. The number of nitrogens with zero attached hydrogens (tertiary/aromatic N) is 1. The third-order valence-corrected chi connectivity index (χ3v) is 4.57. The highest BCUT2D eigenvalue weighted by Crippen LogP contribution is 2.31. The van der Waals surface area contributed by atoms with Crippen LogP contribution in [0.1, 0.15) is 37.7 Å². The second-order valence-electron chi connectivity index (χ2n) is 6.57. The molecule has 1 aromatic rings. The highest BCUT2D eigenvalue weighted by atomic mass is 16.6. The Hall–Kier alpha value is -2.50. The Morgan fingerprint density at radius 2 is 2.00 bits per heavy atom. The summed E-state index contributed by atoms with van der Waals surface area (Å²) in [5.41, 5.74) is 0.888. The van der Waals surface area contributed by atoms with Gasteiger partial charge in [0.1, 0.15) is 13.2 Å². The number of hydrogen-bond acceptors (Lipinski definition) is 4. The lowest BCUT2D eigenvalue weighted by atomic mass is 10.2. The van der Waals surface area contributed by atoms with Crippen LogP contribution >= 0.6 is 0 Å². The van der Waals surface area contributed by atoms with Gasteiger partial charge in [-0.25, -0.2) is 0 Å². The summed E-state index contributed by atoms with van der Waals surface area (Å²) in [5, 5.41) is 2.87. The van der Waals surface area contributed by atoms with Crippen molar-refractivity contribution in [2.45, 2.75) is 32.1 Å². The predicted molar refractivity (Wildman–Crippen MR) is 99.1 cm³/mol. The van der Waals surface area contributed by atoms with Crippen molar-refractivity contribution in [1.82, 2.24) is 10.2 Å². The number of nitrogens with one attached hydrogen (secondary N) is 1. The second kappa shape index (κ2) is 9.27. The molecule has 3 rings (SSSR count). The Labute approximate surface area is 154 Å². The van der Waals surface area contributed by atoms with E-state index in [1.807, 2.05) is 23.1 Å². The number of benzene rings is 1. The molecule has 2 amide bonds. The molecule has 2 heterocycles. The summed E-state index contributed by atoms with van der Waals surface area (Å²) in [6.07, 6.45) is 7.91. The fraction of sp³-hybridized carbons (Fsp3) is 0.500. The topological polar surface area (TPSA) is 67.9 Å². The number of rotatable bonds is 6. The first-order chi connectivity index (χ1) is 12.7. The van der Waals surface area contributed by atoms with Crippen molar-refractivity contribution in [3.05, 3.63) is 29.8 Å². The van der Waals surface area contributed by atoms with Gasteiger partial charge in [0.15, 0.2) is 11.5 Å². The molecule has 2 aliphatic heterocycles. The lowest BCUT2D eigenvalue weighted by Crippen LogP contribution is -2.33.